The van der Waals surface area contributed by atoms with Gasteiger partial charge in [0.15, 0.2) is 11.5 Å². The van der Waals surface area contributed by atoms with Gasteiger partial charge in [0.25, 0.3) is 0 Å². The maximum absolute atomic E-state index is 12.8. The van der Waals surface area contributed by atoms with Crippen LogP contribution < -0.4 is 14.2 Å². The standard InChI is InChI=1S/C18H30N2O4S/c1-14-7-6-10-18(12-14,20(2)3)13-19-25(21,22)15-8-9-16(23-4)17(11-15)24-5/h8-9,11,14,19H,6-7,10,12-13H2,1-5H3/t14-,18+/m0/s1. The van der Waals surface area contributed by atoms with Gasteiger partial charge in [0.2, 0.25) is 10.0 Å². The minimum absolute atomic E-state index is 0.138. The zero-order valence-corrected chi connectivity index (χ0v) is 16.6. The molecule has 1 aromatic rings. The number of nitrogens with zero attached hydrogens (tertiary/aromatic N) is 1. The quantitative estimate of drug-likeness (QED) is 0.799. The van der Waals surface area contributed by atoms with Crippen LogP contribution in [0.3, 0.4) is 0 Å². The van der Waals surface area contributed by atoms with E-state index in [2.05, 4.69) is 16.5 Å². The van der Waals surface area contributed by atoms with Gasteiger partial charge >= 0.3 is 0 Å². The normalized spacial score (nSPS) is 24.3. The first kappa shape index (κ1) is 20.0. The second kappa shape index (κ2) is 7.93. The minimum atomic E-state index is -3.62. The van der Waals surface area contributed by atoms with Crippen LogP contribution in [0.4, 0.5) is 0 Å². The summed E-state index contributed by atoms with van der Waals surface area (Å²) in [6.45, 7) is 2.64. The monoisotopic (exact) mass is 370 g/mol. The van der Waals surface area contributed by atoms with Gasteiger partial charge < -0.3 is 14.4 Å². The summed E-state index contributed by atoms with van der Waals surface area (Å²) in [6.07, 6.45) is 4.32. The van der Waals surface area contributed by atoms with E-state index in [0.717, 1.165) is 19.3 Å². The number of hydrogen-bond acceptors (Lipinski definition) is 5. The van der Waals surface area contributed by atoms with Crippen LogP contribution in [0.2, 0.25) is 0 Å². The highest BCUT2D eigenvalue weighted by atomic mass is 32.2. The van der Waals surface area contributed by atoms with E-state index in [1.165, 1.54) is 32.8 Å². The third kappa shape index (κ3) is 4.46. The van der Waals surface area contributed by atoms with Crippen LogP contribution in [0.1, 0.15) is 32.6 Å². The van der Waals surface area contributed by atoms with Crippen molar-refractivity contribution in [2.75, 3.05) is 34.9 Å². The van der Waals surface area contributed by atoms with E-state index in [1.54, 1.807) is 6.07 Å². The molecule has 0 bridgehead atoms. The molecule has 1 aliphatic carbocycles. The molecule has 0 unspecified atom stereocenters. The van der Waals surface area contributed by atoms with Gasteiger partial charge in [-0.15, -0.1) is 0 Å². The number of likely N-dealkylation sites (N-methyl/N-ethyl adjacent to an activating group) is 1. The molecule has 1 fully saturated rings. The van der Waals surface area contributed by atoms with E-state index < -0.39 is 10.0 Å². The van der Waals surface area contributed by atoms with Crippen molar-refractivity contribution in [3.8, 4) is 11.5 Å². The van der Waals surface area contributed by atoms with Crippen LogP contribution >= 0.6 is 0 Å². The maximum Gasteiger partial charge on any atom is 0.240 e. The molecule has 142 valence electrons. The first-order valence-corrected chi connectivity index (χ1v) is 10.1. The van der Waals surface area contributed by atoms with Gasteiger partial charge in [-0.2, -0.15) is 0 Å². The van der Waals surface area contributed by atoms with Crippen LogP contribution in [-0.4, -0.2) is 53.7 Å². The fourth-order valence-electron chi connectivity index (χ4n) is 3.65. The van der Waals surface area contributed by atoms with Crippen LogP contribution in [-0.2, 0) is 10.0 Å². The predicted molar refractivity (Wildman–Crippen MR) is 98.8 cm³/mol. The van der Waals surface area contributed by atoms with Crippen LogP contribution in [0, 0.1) is 5.92 Å². The summed E-state index contributed by atoms with van der Waals surface area (Å²) >= 11 is 0. The molecule has 1 saturated carbocycles. The van der Waals surface area contributed by atoms with Crippen molar-refractivity contribution in [2.45, 2.75) is 43.0 Å². The Bertz CT molecular complexity index is 690. The molecule has 0 aromatic heterocycles. The van der Waals surface area contributed by atoms with Gasteiger partial charge in [0.1, 0.15) is 0 Å². The minimum Gasteiger partial charge on any atom is -0.493 e. The van der Waals surface area contributed by atoms with Crippen molar-refractivity contribution in [1.29, 1.82) is 0 Å². The number of methoxy groups -OCH3 is 2. The van der Waals surface area contributed by atoms with Gasteiger partial charge in [-0.05, 0) is 45.0 Å². The molecule has 0 spiro atoms. The zero-order valence-electron chi connectivity index (χ0n) is 15.8. The summed E-state index contributed by atoms with van der Waals surface area (Å²) < 4.78 is 38.7. The lowest BCUT2D eigenvalue weighted by Crippen LogP contribution is -2.55. The molecule has 2 atom stereocenters. The van der Waals surface area contributed by atoms with Crippen molar-refractivity contribution in [2.24, 2.45) is 5.92 Å². The molecule has 0 amide bonds. The lowest BCUT2D eigenvalue weighted by molar-refractivity contribution is 0.0805. The molecule has 6 nitrogen and oxygen atoms in total. The molecule has 1 aliphatic rings. The first-order chi connectivity index (χ1) is 11.7. The molecule has 0 aliphatic heterocycles. The number of benzene rings is 1. The Labute approximate surface area is 151 Å². The van der Waals surface area contributed by atoms with Crippen molar-refractivity contribution in [3.63, 3.8) is 0 Å². The van der Waals surface area contributed by atoms with Gasteiger partial charge in [-0.25, -0.2) is 13.1 Å². The van der Waals surface area contributed by atoms with Crippen LogP contribution in [0.25, 0.3) is 0 Å². The number of ether oxygens (including phenoxy) is 2. The average molecular weight is 371 g/mol. The zero-order chi connectivity index (χ0) is 18.7. The van der Waals surface area contributed by atoms with Crippen molar-refractivity contribution >= 4 is 10.0 Å². The average Bonchev–Trinajstić information content (AvgIpc) is 2.59. The number of sulfonamides is 1. The summed E-state index contributed by atoms with van der Waals surface area (Å²) in [5.74, 6) is 1.51. The Morgan fingerprint density at radius 1 is 1.24 bits per heavy atom. The fourth-order valence-corrected chi connectivity index (χ4v) is 4.79. The van der Waals surface area contributed by atoms with Crippen molar-refractivity contribution < 1.29 is 17.9 Å². The second-order valence-corrected chi connectivity index (χ2v) is 8.93. The maximum atomic E-state index is 12.8. The van der Waals surface area contributed by atoms with Crippen molar-refractivity contribution in [3.05, 3.63) is 18.2 Å². The Balaban J connectivity index is 2.20. The highest BCUT2D eigenvalue weighted by molar-refractivity contribution is 7.89. The molecule has 1 N–H and O–H groups in total. The lowest BCUT2D eigenvalue weighted by Gasteiger charge is -2.45. The van der Waals surface area contributed by atoms with Crippen LogP contribution in [0.15, 0.2) is 23.1 Å². The highest BCUT2D eigenvalue weighted by Gasteiger charge is 2.38. The summed E-state index contributed by atoms with van der Waals surface area (Å²) in [4.78, 5) is 2.35. The first-order valence-electron chi connectivity index (χ1n) is 8.63. The lowest BCUT2D eigenvalue weighted by atomic mass is 9.75. The topological polar surface area (TPSA) is 67.9 Å². The third-order valence-electron chi connectivity index (χ3n) is 5.27. The number of hydrogen-bond donors (Lipinski definition) is 1. The molecular weight excluding hydrogens is 340 g/mol. The highest BCUT2D eigenvalue weighted by Crippen LogP contribution is 2.36. The summed E-state index contributed by atoms with van der Waals surface area (Å²) in [5.41, 5.74) is -0.138. The predicted octanol–water partition coefficient (Wildman–Crippen LogP) is 2.49. The molecule has 7 heteroatoms. The Morgan fingerprint density at radius 2 is 1.92 bits per heavy atom. The number of rotatable bonds is 7. The van der Waals surface area contributed by atoms with Crippen LogP contribution in [0.5, 0.6) is 11.5 Å². The Morgan fingerprint density at radius 3 is 2.48 bits per heavy atom. The largest absolute Gasteiger partial charge is 0.493 e. The number of nitrogens with one attached hydrogen (secondary N) is 1. The van der Waals surface area contributed by atoms with E-state index in [9.17, 15) is 8.42 Å². The van der Waals surface area contributed by atoms with E-state index in [0.29, 0.717) is 24.0 Å². The molecule has 0 heterocycles. The second-order valence-electron chi connectivity index (χ2n) is 7.16. The fraction of sp³-hybridized carbons (Fsp3) is 0.667. The Hall–Kier alpha value is -1.31. The SMILES string of the molecule is COc1ccc(S(=O)(=O)NC[C@@]2(N(C)C)CCC[C@H](C)C2)cc1OC. The Kier molecular flexibility index (Phi) is 6.35. The van der Waals surface area contributed by atoms with E-state index in [-0.39, 0.29) is 10.4 Å². The van der Waals surface area contributed by atoms with Gasteiger partial charge in [-0.1, -0.05) is 19.8 Å². The van der Waals surface area contributed by atoms with Gasteiger partial charge in [-0.3, -0.25) is 0 Å². The summed E-state index contributed by atoms with van der Waals surface area (Å²) in [7, 11) is 3.46. The summed E-state index contributed by atoms with van der Waals surface area (Å²) in [5, 5.41) is 0. The molecule has 0 saturated heterocycles. The van der Waals surface area contributed by atoms with E-state index in [1.807, 2.05) is 14.1 Å². The van der Waals surface area contributed by atoms with Crippen molar-refractivity contribution in [1.82, 2.24) is 9.62 Å². The van der Waals surface area contributed by atoms with E-state index in [4.69, 9.17) is 9.47 Å². The molecular formula is C18H30N2O4S. The smallest absolute Gasteiger partial charge is 0.240 e. The van der Waals surface area contributed by atoms with Gasteiger partial charge in [0.05, 0.1) is 19.1 Å². The molecule has 2 rings (SSSR count). The summed E-state index contributed by atoms with van der Waals surface area (Å²) in [6, 6.07) is 4.64. The van der Waals surface area contributed by atoms with E-state index >= 15 is 0 Å². The molecule has 25 heavy (non-hydrogen) atoms. The van der Waals surface area contributed by atoms with Gasteiger partial charge in [0, 0.05) is 18.2 Å². The molecule has 1 aromatic carbocycles. The molecule has 0 radical (unpaired) electrons. The third-order valence-corrected chi connectivity index (χ3v) is 6.67.